The molecule has 3 aromatic rings. The van der Waals surface area contributed by atoms with Crippen molar-refractivity contribution in [3.8, 4) is 11.4 Å². The molecule has 5 nitrogen and oxygen atoms in total. The van der Waals surface area contributed by atoms with Crippen molar-refractivity contribution in [1.82, 2.24) is 15.2 Å². The summed E-state index contributed by atoms with van der Waals surface area (Å²) < 4.78 is 0. The number of H-pyrrole nitrogens is 1. The molecule has 0 unspecified atom stereocenters. The summed E-state index contributed by atoms with van der Waals surface area (Å²) in [5.41, 5.74) is 5.32. The van der Waals surface area contributed by atoms with Crippen LogP contribution in [-0.2, 0) is 24.1 Å². The number of nitrogens with one attached hydrogen (secondary N) is 1. The molecule has 0 amide bonds. The monoisotopic (exact) mass is 377 g/mol. The van der Waals surface area contributed by atoms with Crippen molar-refractivity contribution < 1.29 is 9.90 Å². The first kappa shape index (κ1) is 20.0. The first-order valence-corrected chi connectivity index (χ1v) is 9.89. The maximum absolute atomic E-state index is 12.1. The number of benzene rings is 1. The third kappa shape index (κ3) is 6.13. The first-order chi connectivity index (χ1) is 13.7. The van der Waals surface area contributed by atoms with Gasteiger partial charge in [0.05, 0.1) is 11.4 Å². The van der Waals surface area contributed by atoms with Gasteiger partial charge in [0.1, 0.15) is 5.78 Å². The van der Waals surface area contributed by atoms with Crippen molar-refractivity contribution in [2.45, 2.75) is 44.9 Å². The molecule has 146 valence electrons. The molecule has 2 N–H and O–H groups in total. The molecule has 3 rings (SSSR count). The fourth-order valence-electron chi connectivity index (χ4n) is 3.24. The SMILES string of the molecule is O=C(CCCCCO)Cc1cccc(CCc2ccc(-c3ccn[nH]3)nc2)c1. The highest BCUT2D eigenvalue weighted by Crippen LogP contribution is 2.15. The van der Waals surface area contributed by atoms with Crippen LogP contribution >= 0.6 is 0 Å². The zero-order chi connectivity index (χ0) is 19.6. The van der Waals surface area contributed by atoms with Crippen LogP contribution in [0.1, 0.15) is 42.4 Å². The molecule has 5 heteroatoms. The quantitative estimate of drug-likeness (QED) is 0.496. The second kappa shape index (κ2) is 10.5. The van der Waals surface area contributed by atoms with Gasteiger partial charge in [-0.3, -0.25) is 14.9 Å². The molecular formula is C23H27N3O2. The standard InChI is InChI=1S/C23H27N3O2/c27-14-3-1-2-7-21(28)16-20-6-4-5-18(15-20)8-9-19-10-11-22(24-17-19)23-12-13-25-26-23/h4-6,10-13,15,17,27H,1-3,7-9,14,16H2,(H,25,26). The summed E-state index contributed by atoms with van der Waals surface area (Å²) in [4.78, 5) is 16.6. The average molecular weight is 377 g/mol. The van der Waals surface area contributed by atoms with E-state index in [9.17, 15) is 4.79 Å². The minimum Gasteiger partial charge on any atom is -0.396 e. The Morgan fingerprint density at radius 3 is 2.57 bits per heavy atom. The largest absolute Gasteiger partial charge is 0.396 e. The Balaban J connectivity index is 1.49. The van der Waals surface area contributed by atoms with Gasteiger partial charge in [-0.05, 0) is 54.5 Å². The van der Waals surface area contributed by atoms with Crippen LogP contribution in [-0.4, -0.2) is 32.7 Å². The number of aliphatic hydroxyl groups is 1. The average Bonchev–Trinajstić information content (AvgIpc) is 3.25. The molecule has 0 aliphatic rings. The van der Waals surface area contributed by atoms with Crippen LogP contribution in [0.3, 0.4) is 0 Å². The van der Waals surface area contributed by atoms with E-state index in [4.69, 9.17) is 5.11 Å². The Hall–Kier alpha value is -2.79. The molecule has 2 aromatic heterocycles. The minimum absolute atomic E-state index is 0.206. The van der Waals surface area contributed by atoms with Gasteiger partial charge < -0.3 is 5.11 Å². The van der Waals surface area contributed by atoms with Crippen LogP contribution < -0.4 is 0 Å². The number of Topliss-reactive ketones (excluding diaryl/α,β-unsaturated/α-hetero) is 1. The molecule has 0 saturated heterocycles. The second-order valence-electron chi connectivity index (χ2n) is 7.09. The number of carbonyl (C=O) groups is 1. The zero-order valence-electron chi connectivity index (χ0n) is 16.1. The number of pyridine rings is 1. The molecule has 0 saturated carbocycles. The lowest BCUT2D eigenvalue weighted by atomic mass is 9.99. The van der Waals surface area contributed by atoms with Gasteiger partial charge in [0.15, 0.2) is 0 Å². The van der Waals surface area contributed by atoms with Gasteiger partial charge in [-0.2, -0.15) is 5.10 Å². The lowest BCUT2D eigenvalue weighted by Crippen LogP contribution is -2.03. The predicted molar refractivity (Wildman–Crippen MR) is 110 cm³/mol. The van der Waals surface area contributed by atoms with Gasteiger partial charge >= 0.3 is 0 Å². The third-order valence-corrected chi connectivity index (χ3v) is 4.81. The highest BCUT2D eigenvalue weighted by molar-refractivity contribution is 5.80. The van der Waals surface area contributed by atoms with Crippen molar-refractivity contribution >= 4 is 5.78 Å². The number of ketones is 1. The molecule has 28 heavy (non-hydrogen) atoms. The van der Waals surface area contributed by atoms with E-state index < -0.39 is 0 Å². The number of carbonyl (C=O) groups excluding carboxylic acids is 1. The molecular weight excluding hydrogens is 350 g/mol. The summed E-state index contributed by atoms with van der Waals surface area (Å²) in [6.07, 6.45) is 9.11. The molecule has 0 atom stereocenters. The maximum Gasteiger partial charge on any atom is 0.137 e. The summed E-state index contributed by atoms with van der Waals surface area (Å²) in [6.45, 7) is 0.206. The van der Waals surface area contributed by atoms with Crippen molar-refractivity contribution in [1.29, 1.82) is 0 Å². The second-order valence-corrected chi connectivity index (χ2v) is 7.09. The Morgan fingerprint density at radius 1 is 0.964 bits per heavy atom. The number of rotatable bonds is 11. The van der Waals surface area contributed by atoms with Gasteiger partial charge in [-0.1, -0.05) is 36.8 Å². The Labute approximate surface area is 165 Å². The lowest BCUT2D eigenvalue weighted by Gasteiger charge is -2.06. The maximum atomic E-state index is 12.1. The van der Waals surface area contributed by atoms with Gasteiger partial charge in [0, 0.05) is 31.8 Å². The van der Waals surface area contributed by atoms with E-state index >= 15 is 0 Å². The normalized spacial score (nSPS) is 10.9. The van der Waals surface area contributed by atoms with Crippen molar-refractivity contribution in [3.63, 3.8) is 0 Å². The lowest BCUT2D eigenvalue weighted by molar-refractivity contribution is -0.118. The number of unbranched alkanes of at least 4 members (excludes halogenated alkanes) is 2. The summed E-state index contributed by atoms with van der Waals surface area (Å²) in [7, 11) is 0. The van der Waals surface area contributed by atoms with E-state index in [2.05, 4.69) is 33.4 Å². The fraction of sp³-hybridized carbons (Fsp3) is 0.348. The summed E-state index contributed by atoms with van der Waals surface area (Å²) in [5.74, 6) is 0.272. The van der Waals surface area contributed by atoms with Crippen LogP contribution in [0.25, 0.3) is 11.4 Å². The van der Waals surface area contributed by atoms with Crippen molar-refractivity contribution in [3.05, 3.63) is 71.5 Å². The van der Waals surface area contributed by atoms with E-state index in [1.54, 1.807) is 6.20 Å². The number of hydrogen-bond acceptors (Lipinski definition) is 4. The Bertz CT molecular complexity index is 858. The van der Waals surface area contributed by atoms with E-state index in [1.807, 2.05) is 30.5 Å². The first-order valence-electron chi connectivity index (χ1n) is 9.89. The molecule has 1 aromatic carbocycles. The highest BCUT2D eigenvalue weighted by atomic mass is 16.2. The zero-order valence-corrected chi connectivity index (χ0v) is 16.1. The predicted octanol–water partition coefficient (Wildman–Crippen LogP) is 3.92. The Morgan fingerprint density at radius 2 is 1.82 bits per heavy atom. The number of aromatic amines is 1. The molecule has 0 fully saturated rings. The number of aromatic nitrogens is 3. The highest BCUT2D eigenvalue weighted by Gasteiger charge is 2.06. The molecule has 0 bridgehead atoms. The van der Waals surface area contributed by atoms with Gasteiger partial charge in [0.2, 0.25) is 0 Å². The molecule has 0 aliphatic heterocycles. The van der Waals surface area contributed by atoms with E-state index in [-0.39, 0.29) is 12.4 Å². The number of aliphatic hydroxyl groups excluding tert-OH is 1. The molecule has 2 heterocycles. The smallest absolute Gasteiger partial charge is 0.137 e. The minimum atomic E-state index is 0.206. The van der Waals surface area contributed by atoms with E-state index in [0.29, 0.717) is 12.8 Å². The van der Waals surface area contributed by atoms with Gasteiger partial charge in [-0.25, -0.2) is 0 Å². The number of hydrogen-bond donors (Lipinski definition) is 2. The van der Waals surface area contributed by atoms with E-state index in [1.165, 1.54) is 11.1 Å². The fourth-order valence-corrected chi connectivity index (χ4v) is 3.24. The van der Waals surface area contributed by atoms with E-state index in [0.717, 1.165) is 49.1 Å². The van der Waals surface area contributed by atoms with Gasteiger partial charge in [0.25, 0.3) is 0 Å². The van der Waals surface area contributed by atoms with Crippen LogP contribution in [0, 0.1) is 0 Å². The van der Waals surface area contributed by atoms with Crippen LogP contribution in [0.4, 0.5) is 0 Å². The summed E-state index contributed by atoms with van der Waals surface area (Å²) >= 11 is 0. The van der Waals surface area contributed by atoms with Crippen molar-refractivity contribution in [2.75, 3.05) is 6.61 Å². The third-order valence-electron chi connectivity index (χ3n) is 4.81. The van der Waals surface area contributed by atoms with Crippen molar-refractivity contribution in [2.24, 2.45) is 0 Å². The number of aryl methyl sites for hydroxylation is 2. The molecule has 0 aliphatic carbocycles. The molecule has 0 radical (unpaired) electrons. The summed E-state index contributed by atoms with van der Waals surface area (Å²) in [6, 6.07) is 14.3. The Kier molecular flexibility index (Phi) is 7.50. The van der Waals surface area contributed by atoms with Crippen LogP contribution in [0.5, 0.6) is 0 Å². The summed E-state index contributed by atoms with van der Waals surface area (Å²) in [5, 5.41) is 15.7. The van der Waals surface area contributed by atoms with Gasteiger partial charge in [-0.15, -0.1) is 0 Å². The molecule has 0 spiro atoms. The van der Waals surface area contributed by atoms with Crippen LogP contribution in [0.2, 0.25) is 0 Å². The van der Waals surface area contributed by atoms with Crippen LogP contribution in [0.15, 0.2) is 54.9 Å². The topological polar surface area (TPSA) is 78.9 Å². The number of nitrogens with zero attached hydrogens (tertiary/aromatic N) is 2.